The van der Waals surface area contributed by atoms with E-state index in [4.69, 9.17) is 0 Å². The Morgan fingerprint density at radius 3 is 2.28 bits per heavy atom. The molecule has 0 spiro atoms. The van der Waals surface area contributed by atoms with E-state index in [0.29, 0.717) is 37.6 Å². The molecule has 2 heterocycles. The van der Waals surface area contributed by atoms with Gasteiger partial charge < -0.3 is 10.2 Å². The lowest BCUT2D eigenvalue weighted by molar-refractivity contribution is 0.0574. The maximum Gasteiger partial charge on any atom is 0.317 e. The molecule has 2 fully saturated rings. The Labute approximate surface area is 175 Å². The lowest BCUT2D eigenvalue weighted by atomic mass is 9.92. The molecular weight excluding hydrogens is 388 g/mol. The highest BCUT2D eigenvalue weighted by molar-refractivity contribution is 7.89. The van der Waals surface area contributed by atoms with E-state index >= 15 is 0 Å². The van der Waals surface area contributed by atoms with Gasteiger partial charge in [-0.2, -0.15) is 4.31 Å². The average molecular weight is 423 g/mol. The Kier molecular flexibility index (Phi) is 6.86. The molecule has 1 aromatic carbocycles. The second-order valence-corrected chi connectivity index (χ2v) is 10.0. The zero-order valence-corrected chi connectivity index (χ0v) is 18.7. The van der Waals surface area contributed by atoms with Crippen LogP contribution in [0.3, 0.4) is 0 Å². The molecular formula is C21H34N4O3S. The maximum absolute atomic E-state index is 13.1. The SMILES string of the molecule is CCCc1ccc(S(=O)(=O)N2CCN([C@]3(CC)CCN(C(=O)NC)C3)CC2)cc1. The van der Waals surface area contributed by atoms with Crippen LogP contribution in [-0.4, -0.2) is 80.4 Å². The lowest BCUT2D eigenvalue weighted by Gasteiger charge is -2.45. The third-order valence-corrected chi connectivity index (χ3v) is 8.41. The molecule has 2 aliphatic heterocycles. The Balaban J connectivity index is 1.65. The number of sulfonamides is 1. The van der Waals surface area contributed by atoms with E-state index in [0.717, 1.165) is 32.2 Å². The number of likely N-dealkylation sites (tertiary alicyclic amines) is 1. The van der Waals surface area contributed by atoms with E-state index < -0.39 is 10.0 Å². The molecule has 3 rings (SSSR count). The molecule has 0 bridgehead atoms. The van der Waals surface area contributed by atoms with Crippen LogP contribution in [0.4, 0.5) is 4.79 Å². The van der Waals surface area contributed by atoms with E-state index in [1.54, 1.807) is 23.5 Å². The van der Waals surface area contributed by atoms with Crippen molar-refractivity contribution in [2.24, 2.45) is 0 Å². The standard InChI is InChI=1S/C21H34N4O3S/c1-4-6-18-7-9-19(10-8-18)29(27,28)25-15-13-24(14-16-25)21(5-2)11-12-23(17-21)20(26)22-3/h7-10H,4-6,11-17H2,1-3H3,(H,22,26)/t21-/m1/s1. The smallest absolute Gasteiger partial charge is 0.317 e. The summed E-state index contributed by atoms with van der Waals surface area (Å²) in [6.07, 6.45) is 3.89. The van der Waals surface area contributed by atoms with E-state index in [1.165, 1.54) is 5.56 Å². The van der Waals surface area contributed by atoms with Crippen molar-refractivity contribution >= 4 is 16.1 Å². The number of amides is 2. The Morgan fingerprint density at radius 1 is 1.07 bits per heavy atom. The number of hydrogen-bond donors (Lipinski definition) is 1. The van der Waals surface area contributed by atoms with Gasteiger partial charge in [0.05, 0.1) is 4.90 Å². The predicted molar refractivity (Wildman–Crippen MR) is 114 cm³/mol. The third-order valence-electron chi connectivity index (χ3n) is 6.50. The Morgan fingerprint density at radius 2 is 1.72 bits per heavy atom. The van der Waals surface area contributed by atoms with Crippen molar-refractivity contribution in [2.75, 3.05) is 46.3 Å². The zero-order chi connectivity index (χ0) is 21.1. The van der Waals surface area contributed by atoms with Crippen LogP contribution in [0.5, 0.6) is 0 Å². The van der Waals surface area contributed by atoms with Crippen LogP contribution in [0.15, 0.2) is 29.2 Å². The van der Waals surface area contributed by atoms with Crippen LogP contribution in [0.2, 0.25) is 0 Å². The Hall–Kier alpha value is -1.64. The number of nitrogens with one attached hydrogen (secondary N) is 1. The molecule has 29 heavy (non-hydrogen) atoms. The van der Waals surface area contributed by atoms with E-state index in [-0.39, 0.29) is 11.6 Å². The van der Waals surface area contributed by atoms with Gasteiger partial charge in [0.15, 0.2) is 0 Å². The summed E-state index contributed by atoms with van der Waals surface area (Å²) < 4.78 is 27.7. The molecule has 7 nitrogen and oxygen atoms in total. The van der Waals surface area contributed by atoms with Gasteiger partial charge in [-0.1, -0.05) is 32.4 Å². The minimum absolute atomic E-state index is 0.0342. The number of nitrogens with zero attached hydrogens (tertiary/aromatic N) is 3. The van der Waals surface area contributed by atoms with Gasteiger partial charge >= 0.3 is 6.03 Å². The van der Waals surface area contributed by atoms with Crippen LogP contribution in [0.25, 0.3) is 0 Å². The quantitative estimate of drug-likeness (QED) is 0.762. The fourth-order valence-corrected chi connectivity index (χ4v) is 6.05. The summed E-state index contributed by atoms with van der Waals surface area (Å²) in [5.41, 5.74) is 1.12. The lowest BCUT2D eigenvalue weighted by Crippen LogP contribution is -2.59. The van der Waals surface area contributed by atoms with Crippen molar-refractivity contribution < 1.29 is 13.2 Å². The molecule has 1 aromatic rings. The summed E-state index contributed by atoms with van der Waals surface area (Å²) in [5, 5.41) is 2.71. The van der Waals surface area contributed by atoms with Crippen molar-refractivity contribution in [1.29, 1.82) is 0 Å². The number of benzene rings is 1. The van der Waals surface area contributed by atoms with E-state index in [2.05, 4.69) is 24.1 Å². The molecule has 2 aliphatic rings. The topological polar surface area (TPSA) is 73.0 Å². The molecule has 0 aliphatic carbocycles. The van der Waals surface area contributed by atoms with Crippen LogP contribution in [-0.2, 0) is 16.4 Å². The summed E-state index contributed by atoms with van der Waals surface area (Å²) in [6, 6.07) is 7.28. The molecule has 0 unspecified atom stereocenters. The van der Waals surface area contributed by atoms with Crippen molar-refractivity contribution in [3.05, 3.63) is 29.8 Å². The Bertz CT molecular complexity index is 804. The van der Waals surface area contributed by atoms with Crippen molar-refractivity contribution in [1.82, 2.24) is 19.4 Å². The van der Waals surface area contributed by atoms with Crippen LogP contribution in [0, 0.1) is 0 Å². The number of aryl methyl sites for hydroxylation is 1. The molecule has 0 radical (unpaired) electrons. The third kappa shape index (κ3) is 4.44. The number of hydrogen-bond acceptors (Lipinski definition) is 4. The first kappa shape index (κ1) is 22.1. The first-order valence-corrected chi connectivity index (χ1v) is 12.1. The predicted octanol–water partition coefficient (Wildman–Crippen LogP) is 2.14. The molecule has 0 aromatic heterocycles. The van der Waals surface area contributed by atoms with Crippen LogP contribution < -0.4 is 5.32 Å². The highest BCUT2D eigenvalue weighted by Crippen LogP contribution is 2.33. The van der Waals surface area contributed by atoms with Gasteiger partial charge in [0, 0.05) is 51.9 Å². The highest BCUT2D eigenvalue weighted by Gasteiger charge is 2.44. The van der Waals surface area contributed by atoms with Gasteiger partial charge in [-0.15, -0.1) is 0 Å². The molecule has 2 saturated heterocycles. The normalized spacial score (nSPS) is 24.0. The number of carbonyl (C=O) groups excluding carboxylic acids is 1. The van der Waals surface area contributed by atoms with Gasteiger partial charge in [-0.25, -0.2) is 13.2 Å². The molecule has 1 atom stereocenters. The number of urea groups is 1. The summed E-state index contributed by atoms with van der Waals surface area (Å²) in [6.45, 7) is 8.09. The van der Waals surface area contributed by atoms with E-state index in [1.807, 2.05) is 17.0 Å². The number of carbonyl (C=O) groups is 1. The number of piperazine rings is 1. The van der Waals surface area contributed by atoms with Crippen molar-refractivity contribution in [2.45, 2.75) is 50.0 Å². The second-order valence-electron chi connectivity index (χ2n) is 8.09. The highest BCUT2D eigenvalue weighted by atomic mass is 32.2. The zero-order valence-electron chi connectivity index (χ0n) is 17.9. The van der Waals surface area contributed by atoms with E-state index in [9.17, 15) is 13.2 Å². The fraction of sp³-hybridized carbons (Fsp3) is 0.667. The summed E-state index contributed by atoms with van der Waals surface area (Å²) in [4.78, 5) is 16.7. The monoisotopic (exact) mass is 422 g/mol. The van der Waals surface area contributed by atoms with Gasteiger partial charge in [0.2, 0.25) is 10.0 Å². The summed E-state index contributed by atoms with van der Waals surface area (Å²) in [5.74, 6) is 0. The number of rotatable bonds is 6. The van der Waals surface area contributed by atoms with Crippen LogP contribution >= 0.6 is 0 Å². The maximum atomic E-state index is 13.1. The first-order valence-electron chi connectivity index (χ1n) is 10.7. The molecule has 2 amide bonds. The molecule has 162 valence electrons. The second kappa shape index (κ2) is 9.02. The average Bonchev–Trinajstić information content (AvgIpc) is 3.20. The summed E-state index contributed by atoms with van der Waals surface area (Å²) in [7, 11) is -1.80. The molecule has 0 saturated carbocycles. The van der Waals surface area contributed by atoms with Crippen molar-refractivity contribution in [3.63, 3.8) is 0 Å². The van der Waals surface area contributed by atoms with Gasteiger partial charge in [-0.3, -0.25) is 4.90 Å². The minimum Gasteiger partial charge on any atom is -0.341 e. The minimum atomic E-state index is -3.46. The van der Waals surface area contributed by atoms with Crippen LogP contribution in [0.1, 0.15) is 38.7 Å². The van der Waals surface area contributed by atoms with Crippen molar-refractivity contribution in [3.8, 4) is 0 Å². The van der Waals surface area contributed by atoms with Gasteiger partial charge in [0.1, 0.15) is 0 Å². The van der Waals surface area contributed by atoms with Gasteiger partial charge in [0.25, 0.3) is 0 Å². The van der Waals surface area contributed by atoms with Gasteiger partial charge in [-0.05, 0) is 37.0 Å². The molecule has 8 heteroatoms. The molecule has 1 N–H and O–H groups in total. The summed E-state index contributed by atoms with van der Waals surface area (Å²) >= 11 is 0. The first-order chi connectivity index (χ1) is 13.9. The largest absolute Gasteiger partial charge is 0.341 e. The fourth-order valence-electron chi connectivity index (χ4n) is 4.63.